The van der Waals surface area contributed by atoms with Crippen molar-refractivity contribution >= 4 is 12.3 Å². The zero-order valence-electron chi connectivity index (χ0n) is 39.2. The smallest absolute Gasteiger partial charge is 0.309 e. The standard InChI is InChI=1S/C47H76O16.C2H6.CH4/c1-32(33(2)61-4)40(52)19-17-15-13-11-9-7-5-6-8-10-12-14-16-18-38(63-45-25-24-41(53)34(3)62-45)21-22-39(46(57)58)44(56)31-47(59,60)30-37(51)29-43(55)42(54)23-20-35(49)28-36(50)26-27-48;1-2;/h5-18,27,32-45,49-56,59-60H,19-26,28-31H2,1-4H3,(H,57,58);1-2H3;1H4/b6-5+,9-7+,10-8+,13-11+,14-12+,17-15+,18-16+;;/t32-,33-,34+,35+,36-,37-,38-,39-,40+,41-,42+,43+,44-,45-;;/m0../s1. The summed E-state index contributed by atoms with van der Waals surface area (Å²) in [5.74, 6) is -5.60. The van der Waals surface area contributed by atoms with E-state index in [4.69, 9.17) is 14.2 Å². The summed E-state index contributed by atoms with van der Waals surface area (Å²) in [5, 5.41) is 113. The lowest BCUT2D eigenvalue weighted by Gasteiger charge is -2.34. The molecule has 16 heteroatoms. The molecule has 66 heavy (non-hydrogen) atoms. The lowest BCUT2D eigenvalue weighted by atomic mass is 9.88. The molecule has 0 bridgehead atoms. The normalized spacial score (nSPS) is 22.5. The van der Waals surface area contributed by atoms with Crippen LogP contribution in [0.2, 0.25) is 0 Å². The second-order valence-electron chi connectivity index (χ2n) is 16.5. The molecule has 382 valence electrons. The molecule has 14 atom stereocenters. The lowest BCUT2D eigenvalue weighted by molar-refractivity contribution is -0.229. The minimum absolute atomic E-state index is 0. The fourth-order valence-corrected chi connectivity index (χ4v) is 6.79. The second-order valence-corrected chi connectivity index (χ2v) is 16.5. The molecule has 0 radical (unpaired) electrons. The molecule has 1 aliphatic heterocycles. The van der Waals surface area contributed by atoms with Crippen LogP contribution in [-0.2, 0) is 23.8 Å². The van der Waals surface area contributed by atoms with Crippen LogP contribution in [0.1, 0.15) is 119 Å². The maximum absolute atomic E-state index is 12.3. The van der Waals surface area contributed by atoms with Gasteiger partial charge < -0.3 is 75.2 Å². The minimum atomic E-state index is -2.75. The molecular weight excluding hydrogens is 857 g/mol. The van der Waals surface area contributed by atoms with E-state index in [0.717, 1.165) is 0 Å². The largest absolute Gasteiger partial charge is 0.481 e. The molecule has 0 aromatic rings. The quantitative estimate of drug-likeness (QED) is 0.0246. The Morgan fingerprint density at radius 1 is 0.697 bits per heavy atom. The van der Waals surface area contributed by atoms with Crippen LogP contribution in [0.15, 0.2) is 85.1 Å². The number of allylic oxidation sites excluding steroid dienone is 12. The van der Waals surface area contributed by atoms with Crippen LogP contribution >= 0.6 is 0 Å². The van der Waals surface area contributed by atoms with Crippen molar-refractivity contribution in [2.24, 2.45) is 11.8 Å². The highest BCUT2D eigenvalue weighted by Crippen LogP contribution is 2.28. The van der Waals surface area contributed by atoms with Gasteiger partial charge in [0.2, 0.25) is 0 Å². The number of carbonyl (C=O) groups is 2. The van der Waals surface area contributed by atoms with Gasteiger partial charge in [0.1, 0.15) is 6.29 Å². The molecule has 16 nitrogen and oxygen atoms in total. The van der Waals surface area contributed by atoms with Gasteiger partial charge in [-0.2, -0.15) is 0 Å². The summed E-state index contributed by atoms with van der Waals surface area (Å²) in [4.78, 5) is 22.8. The van der Waals surface area contributed by atoms with Gasteiger partial charge in [0, 0.05) is 45.1 Å². The second kappa shape index (κ2) is 37.7. The van der Waals surface area contributed by atoms with E-state index in [0.29, 0.717) is 25.5 Å². The molecule has 0 aromatic heterocycles. The Balaban J connectivity index is 0. The Morgan fingerprint density at radius 3 is 1.79 bits per heavy atom. The number of ether oxygens (including phenoxy) is 3. The van der Waals surface area contributed by atoms with Crippen molar-refractivity contribution in [1.82, 2.24) is 0 Å². The van der Waals surface area contributed by atoms with Crippen LogP contribution in [0.5, 0.6) is 0 Å². The molecule has 1 aliphatic rings. The minimum Gasteiger partial charge on any atom is -0.481 e. The predicted molar refractivity (Wildman–Crippen MR) is 255 cm³/mol. The van der Waals surface area contributed by atoms with E-state index in [1.165, 1.54) is 0 Å². The number of aliphatic hydroxyl groups is 10. The molecule has 1 saturated heterocycles. The maximum atomic E-state index is 12.3. The third-order valence-corrected chi connectivity index (χ3v) is 11.0. The van der Waals surface area contributed by atoms with Gasteiger partial charge in [0.15, 0.2) is 12.1 Å². The van der Waals surface area contributed by atoms with Crippen LogP contribution in [0.3, 0.4) is 0 Å². The highest BCUT2D eigenvalue weighted by Gasteiger charge is 2.37. The number of aliphatic hydroxyl groups excluding tert-OH is 8. The molecule has 1 rings (SSSR count). The summed E-state index contributed by atoms with van der Waals surface area (Å²) in [6.07, 6.45) is 13.3. The van der Waals surface area contributed by atoms with Crippen molar-refractivity contribution < 1.29 is 80.0 Å². The van der Waals surface area contributed by atoms with Gasteiger partial charge in [-0.05, 0) is 58.8 Å². The molecule has 0 amide bonds. The third kappa shape index (κ3) is 30.2. The van der Waals surface area contributed by atoms with Crippen molar-refractivity contribution in [3.05, 3.63) is 85.1 Å². The van der Waals surface area contributed by atoms with Gasteiger partial charge in [0.05, 0.1) is 73.1 Å². The number of hydrogen-bond donors (Lipinski definition) is 11. The Hall–Kier alpha value is -3.20. The summed E-state index contributed by atoms with van der Waals surface area (Å²) in [6.45, 7) is 9.60. The van der Waals surface area contributed by atoms with Crippen molar-refractivity contribution in [3.63, 3.8) is 0 Å². The predicted octanol–water partition coefficient (Wildman–Crippen LogP) is 4.49. The number of carbonyl (C=O) groups excluding carboxylic acids is 1. The van der Waals surface area contributed by atoms with E-state index in [1.54, 1.807) is 44.4 Å². The highest BCUT2D eigenvalue weighted by atomic mass is 16.7. The average Bonchev–Trinajstić information content (AvgIpc) is 3.24. The monoisotopic (exact) mass is 943 g/mol. The van der Waals surface area contributed by atoms with E-state index in [2.05, 4.69) is 0 Å². The first-order valence-corrected chi connectivity index (χ1v) is 22.9. The van der Waals surface area contributed by atoms with Crippen molar-refractivity contribution in [2.45, 2.75) is 198 Å². The van der Waals surface area contributed by atoms with Gasteiger partial charge in [-0.3, -0.25) is 4.79 Å². The number of hydrogen-bond acceptors (Lipinski definition) is 15. The number of carboxylic acids is 1. The van der Waals surface area contributed by atoms with E-state index < -0.39 is 104 Å². The van der Waals surface area contributed by atoms with Gasteiger partial charge in [-0.25, -0.2) is 0 Å². The van der Waals surface area contributed by atoms with Gasteiger partial charge in [0.25, 0.3) is 0 Å². The molecule has 0 saturated carbocycles. The summed E-state index contributed by atoms with van der Waals surface area (Å²) in [7, 11) is 1.63. The molecule has 0 aliphatic carbocycles. The maximum Gasteiger partial charge on any atom is 0.309 e. The van der Waals surface area contributed by atoms with Crippen molar-refractivity contribution in [3.8, 4) is 0 Å². The number of methoxy groups -OCH3 is 1. The van der Waals surface area contributed by atoms with Crippen LogP contribution in [0, 0.1) is 11.8 Å². The Morgan fingerprint density at radius 2 is 1.26 bits per heavy atom. The summed E-state index contributed by atoms with van der Waals surface area (Å²) >= 11 is 0. The fourth-order valence-electron chi connectivity index (χ4n) is 6.79. The van der Waals surface area contributed by atoms with Crippen molar-refractivity contribution in [1.29, 1.82) is 0 Å². The topological polar surface area (TPSA) is 284 Å². The van der Waals surface area contributed by atoms with E-state index >= 15 is 0 Å². The van der Waals surface area contributed by atoms with E-state index in [1.807, 2.05) is 82.4 Å². The average molecular weight is 943 g/mol. The first-order valence-electron chi connectivity index (χ1n) is 22.9. The number of aliphatic carboxylic acids is 1. The first-order chi connectivity index (χ1) is 30.8. The zero-order valence-corrected chi connectivity index (χ0v) is 39.2. The van der Waals surface area contributed by atoms with Crippen LogP contribution < -0.4 is 0 Å². The Kier molecular flexibility index (Phi) is 37.1. The lowest BCUT2D eigenvalue weighted by Crippen LogP contribution is -2.42. The Labute approximate surface area is 393 Å². The van der Waals surface area contributed by atoms with Gasteiger partial charge in [-0.15, -0.1) is 0 Å². The first kappa shape index (κ1) is 64.9. The molecular formula is C50H86O16. The summed E-state index contributed by atoms with van der Waals surface area (Å²) in [5.41, 5.74) is 0. The van der Waals surface area contributed by atoms with Crippen LogP contribution in [0.25, 0.3) is 0 Å². The van der Waals surface area contributed by atoms with Gasteiger partial charge >= 0.3 is 5.97 Å². The van der Waals surface area contributed by atoms with E-state index in [9.17, 15) is 65.8 Å². The molecule has 0 spiro atoms. The number of rotatable bonds is 33. The molecule has 0 aromatic carbocycles. The number of carboxylic acid groups (broad SMARTS) is 1. The third-order valence-electron chi connectivity index (χ3n) is 11.0. The zero-order chi connectivity index (χ0) is 49.4. The highest BCUT2D eigenvalue weighted by molar-refractivity contribution is 5.70. The van der Waals surface area contributed by atoms with E-state index in [-0.39, 0.29) is 58.0 Å². The SMILES string of the molecule is C.CC.CO[C@@H](C)[C@H](C)[C@H](O)C/C=C/C=C/C=C/C=C/C=C/C=C/C=C/[C@@H](CC[C@H](C(=O)O)[C@@H](O)CC(O)(O)C[C@@H](O)C[C@@H](O)[C@H](O)CC[C@@H](O)C[C@@H](O)CC=O)O[C@H]1CC[C@H](O)[C@@H](C)O1. The van der Waals surface area contributed by atoms with Crippen LogP contribution in [-0.4, -0.2) is 155 Å². The molecule has 1 heterocycles. The summed E-state index contributed by atoms with van der Waals surface area (Å²) in [6, 6.07) is 0. The molecule has 0 unspecified atom stereocenters. The molecule has 1 fully saturated rings. The Bertz CT molecular complexity index is 1460. The summed E-state index contributed by atoms with van der Waals surface area (Å²) < 4.78 is 17.2. The van der Waals surface area contributed by atoms with Crippen molar-refractivity contribution in [2.75, 3.05) is 7.11 Å². The van der Waals surface area contributed by atoms with Crippen LogP contribution in [0.4, 0.5) is 0 Å². The fraction of sp³-hybridized carbons (Fsp3) is 0.680. The molecule has 11 N–H and O–H groups in total. The number of aldehydes is 1. The van der Waals surface area contributed by atoms with Gasteiger partial charge in [-0.1, -0.05) is 113 Å².